The van der Waals surface area contributed by atoms with Crippen molar-refractivity contribution in [3.8, 4) is 0 Å². The average Bonchev–Trinajstić information content (AvgIpc) is 3.04. The lowest BCUT2D eigenvalue weighted by Gasteiger charge is -2.41. The number of anilines is 2. The van der Waals surface area contributed by atoms with Gasteiger partial charge in [0.2, 0.25) is 5.91 Å². The van der Waals surface area contributed by atoms with Gasteiger partial charge in [0.25, 0.3) is 0 Å². The number of carbonyl (C=O) groups excluding carboxylic acids is 3. The van der Waals surface area contributed by atoms with Crippen LogP contribution < -0.4 is 21.7 Å². The summed E-state index contributed by atoms with van der Waals surface area (Å²) in [5.41, 5.74) is 14.1. The highest BCUT2D eigenvalue weighted by Gasteiger charge is 2.34. The molecule has 0 unspecified atom stereocenters. The minimum Gasteiger partial charge on any atom is -0.397 e. The number of rotatable bonds is 7. The summed E-state index contributed by atoms with van der Waals surface area (Å²) < 4.78 is 1.47. The molecule has 3 saturated heterocycles. The molecule has 1 atom stereocenters. The van der Waals surface area contributed by atoms with Crippen molar-refractivity contribution < 1.29 is 14.4 Å². The number of nitrogens with zero attached hydrogens (tertiary/aromatic N) is 4. The number of hydrogen-bond donors (Lipinski definition) is 3. The number of amides is 5. The predicted molar refractivity (Wildman–Crippen MR) is 180 cm³/mol. The van der Waals surface area contributed by atoms with Crippen molar-refractivity contribution in [2.24, 2.45) is 5.73 Å². The molecule has 238 valence electrons. The molecule has 5 rings (SSSR count). The monoisotopic (exact) mass is 731 g/mol. The van der Waals surface area contributed by atoms with E-state index in [1.165, 1.54) is 19.3 Å². The lowest BCUT2D eigenvalue weighted by Crippen LogP contribution is -2.57. The zero-order valence-corrected chi connectivity index (χ0v) is 28.3. The highest BCUT2D eigenvalue weighted by molar-refractivity contribution is 9.11. The van der Waals surface area contributed by atoms with E-state index < -0.39 is 12.1 Å². The highest BCUT2D eigenvalue weighted by atomic mass is 79.9. The third-order valence-electron chi connectivity index (χ3n) is 9.25. The van der Waals surface area contributed by atoms with Gasteiger partial charge in [0.05, 0.1) is 5.69 Å². The predicted octanol–water partition coefficient (Wildman–Crippen LogP) is 4.94. The Kier molecular flexibility index (Phi) is 11.1. The molecule has 5 N–H and O–H groups in total. The summed E-state index contributed by atoms with van der Waals surface area (Å²) in [5, 5.41) is 3.08. The Morgan fingerprint density at radius 1 is 0.864 bits per heavy atom. The van der Waals surface area contributed by atoms with E-state index in [1.54, 1.807) is 9.80 Å². The Morgan fingerprint density at radius 2 is 1.45 bits per heavy atom. The van der Waals surface area contributed by atoms with E-state index in [0.717, 1.165) is 46.1 Å². The number of hydrogen-bond acceptors (Lipinski definition) is 5. The molecule has 10 nitrogen and oxygen atoms in total. The van der Waals surface area contributed by atoms with Crippen LogP contribution in [0.3, 0.4) is 0 Å². The summed E-state index contributed by atoms with van der Waals surface area (Å²) in [6, 6.07) is 12.1. The number of carbonyl (C=O) groups is 3. The number of nitrogens with one attached hydrogen (secondary N) is 1. The third-order valence-corrected chi connectivity index (χ3v) is 10.6. The minimum atomic E-state index is -0.722. The standard InChI is InChI=1S/C32H43Br2N7O3/c33-26-19-22(20-27(34)29(26)35)21-28(30(42)39-15-9-23(10-16-39)38-13-5-2-6-14-38)37-32(44)40-17-11-25(12-18-40)41(31(36)43)24-7-3-1-4-8-24/h1,3-4,7-8,19-20,23,25,28H,2,5-6,9-18,21,35H2,(H2,36,43)(H,37,44)/t28-/m0/s1. The number of piperidine rings is 3. The summed E-state index contributed by atoms with van der Waals surface area (Å²) >= 11 is 7.03. The molecule has 5 amide bonds. The van der Waals surface area contributed by atoms with E-state index >= 15 is 0 Å². The normalized spacial score (nSPS) is 19.4. The maximum Gasteiger partial charge on any atom is 0.319 e. The van der Waals surface area contributed by atoms with Crippen LogP contribution in [0.1, 0.15) is 50.5 Å². The van der Waals surface area contributed by atoms with E-state index in [2.05, 4.69) is 42.1 Å². The van der Waals surface area contributed by atoms with Crippen LogP contribution in [0.5, 0.6) is 0 Å². The SMILES string of the molecule is NC(=O)N(c1ccccc1)C1CCN(C(=O)N[C@@H](Cc2cc(Br)c(N)c(Br)c2)C(=O)N2CCC(N3CCCCC3)CC2)CC1. The average molecular weight is 734 g/mol. The van der Waals surface area contributed by atoms with Gasteiger partial charge >= 0.3 is 12.1 Å². The number of nitrogens with two attached hydrogens (primary N) is 2. The Bertz CT molecular complexity index is 1290. The number of benzene rings is 2. The fourth-order valence-corrected chi connectivity index (χ4v) is 8.10. The van der Waals surface area contributed by atoms with Crippen LogP contribution in [0.2, 0.25) is 0 Å². The van der Waals surface area contributed by atoms with Crippen molar-refractivity contribution >= 4 is 61.2 Å². The first-order chi connectivity index (χ1) is 21.2. The molecule has 3 aliphatic heterocycles. The van der Waals surface area contributed by atoms with Gasteiger partial charge in [-0.25, -0.2) is 9.59 Å². The van der Waals surface area contributed by atoms with Crippen LogP contribution in [0.4, 0.5) is 21.0 Å². The van der Waals surface area contributed by atoms with Gasteiger partial charge in [-0.1, -0.05) is 24.6 Å². The van der Waals surface area contributed by atoms with E-state index in [-0.39, 0.29) is 18.0 Å². The van der Waals surface area contributed by atoms with Gasteiger partial charge in [-0.15, -0.1) is 0 Å². The van der Waals surface area contributed by atoms with Gasteiger partial charge in [0.15, 0.2) is 0 Å². The van der Waals surface area contributed by atoms with Gasteiger partial charge in [0, 0.05) is 59.3 Å². The van der Waals surface area contributed by atoms with Crippen LogP contribution >= 0.6 is 31.9 Å². The van der Waals surface area contributed by atoms with Crippen LogP contribution in [0.25, 0.3) is 0 Å². The van der Waals surface area contributed by atoms with E-state index in [0.29, 0.717) is 57.2 Å². The summed E-state index contributed by atoms with van der Waals surface area (Å²) in [6.45, 7) is 4.59. The Hall–Kier alpha value is -2.83. The second-order valence-corrected chi connectivity index (χ2v) is 13.8. The van der Waals surface area contributed by atoms with Crippen LogP contribution in [-0.2, 0) is 11.2 Å². The number of para-hydroxylation sites is 1. The first-order valence-corrected chi connectivity index (χ1v) is 17.2. The number of nitrogen functional groups attached to an aromatic ring is 1. The van der Waals surface area contributed by atoms with Crippen LogP contribution in [0, 0.1) is 0 Å². The lowest BCUT2D eigenvalue weighted by atomic mass is 9.98. The smallest absolute Gasteiger partial charge is 0.319 e. The van der Waals surface area contributed by atoms with E-state index in [4.69, 9.17) is 11.5 Å². The number of likely N-dealkylation sites (tertiary alicyclic amines) is 3. The fourth-order valence-electron chi connectivity index (χ4n) is 6.82. The summed E-state index contributed by atoms with van der Waals surface area (Å²) in [4.78, 5) is 47.8. The molecule has 0 aromatic heterocycles. The van der Waals surface area contributed by atoms with Crippen molar-refractivity contribution in [3.63, 3.8) is 0 Å². The Labute approximate surface area is 276 Å². The first kappa shape index (κ1) is 32.6. The van der Waals surface area contributed by atoms with Crippen molar-refractivity contribution in [2.75, 3.05) is 49.9 Å². The number of urea groups is 2. The van der Waals surface area contributed by atoms with Gasteiger partial charge in [-0.2, -0.15) is 0 Å². The lowest BCUT2D eigenvalue weighted by molar-refractivity contribution is -0.134. The first-order valence-electron chi connectivity index (χ1n) is 15.7. The zero-order valence-electron chi connectivity index (χ0n) is 25.1. The van der Waals surface area contributed by atoms with Crippen molar-refractivity contribution in [2.45, 2.75) is 69.5 Å². The maximum absolute atomic E-state index is 14.0. The van der Waals surface area contributed by atoms with Crippen LogP contribution in [-0.4, -0.2) is 90.1 Å². The molecule has 0 bridgehead atoms. The molecular weight excluding hydrogens is 690 g/mol. The van der Waals surface area contributed by atoms with E-state index in [9.17, 15) is 14.4 Å². The van der Waals surface area contributed by atoms with Gasteiger partial charge < -0.3 is 31.5 Å². The molecule has 0 saturated carbocycles. The molecule has 3 heterocycles. The van der Waals surface area contributed by atoms with E-state index in [1.807, 2.05) is 47.4 Å². The number of primary amides is 1. The molecule has 12 heteroatoms. The molecule has 3 aliphatic rings. The molecule has 44 heavy (non-hydrogen) atoms. The Morgan fingerprint density at radius 3 is 2.05 bits per heavy atom. The Balaban J connectivity index is 1.25. The number of halogens is 2. The molecule has 3 fully saturated rings. The van der Waals surface area contributed by atoms with Crippen molar-refractivity contribution in [3.05, 3.63) is 57.0 Å². The second-order valence-electron chi connectivity index (χ2n) is 12.1. The molecule has 2 aromatic rings. The highest BCUT2D eigenvalue weighted by Crippen LogP contribution is 2.31. The summed E-state index contributed by atoms with van der Waals surface area (Å²) in [7, 11) is 0. The van der Waals surface area contributed by atoms with Gasteiger partial charge in [-0.3, -0.25) is 9.69 Å². The molecule has 0 spiro atoms. The van der Waals surface area contributed by atoms with Gasteiger partial charge in [-0.05, 0) is 113 Å². The summed E-state index contributed by atoms with van der Waals surface area (Å²) in [5.74, 6) is -0.0571. The van der Waals surface area contributed by atoms with Gasteiger partial charge in [0.1, 0.15) is 6.04 Å². The topological polar surface area (TPSA) is 128 Å². The fraction of sp³-hybridized carbons (Fsp3) is 0.531. The minimum absolute atomic E-state index is 0.0571. The molecule has 0 aliphatic carbocycles. The van der Waals surface area contributed by atoms with Crippen molar-refractivity contribution in [1.29, 1.82) is 0 Å². The third kappa shape index (κ3) is 7.87. The summed E-state index contributed by atoms with van der Waals surface area (Å²) in [6.07, 6.45) is 7.24. The zero-order chi connectivity index (χ0) is 31.2. The molecular formula is C32H43Br2N7O3. The van der Waals surface area contributed by atoms with Crippen LogP contribution in [0.15, 0.2) is 51.4 Å². The maximum atomic E-state index is 14.0. The largest absolute Gasteiger partial charge is 0.397 e. The molecule has 2 aromatic carbocycles. The molecule has 0 radical (unpaired) electrons. The quantitative estimate of drug-likeness (QED) is 0.348. The van der Waals surface area contributed by atoms with Crippen molar-refractivity contribution in [1.82, 2.24) is 20.0 Å². The second kappa shape index (κ2) is 15.0.